The van der Waals surface area contributed by atoms with Crippen molar-refractivity contribution in [1.82, 2.24) is 0 Å². The first-order valence-electron chi connectivity index (χ1n) is 11.9. The number of carbonyl (C=O) groups is 2. The number of aryl methyl sites for hydroxylation is 2. The standard InChI is InChI=1S/C29H31NO5/c1-19-3-9-23(10-4-19)28(31)33-18-27-26(35-29(32)24-11-5-20(2)6-12-24)17-25(34-27)22-13-7-21(8-14-22)15-16-30/h3-14,25-27H,15-18,30H2,1-2H3/t25-,26+,27-/m1/s1. The zero-order valence-corrected chi connectivity index (χ0v) is 20.1. The van der Waals surface area contributed by atoms with Gasteiger partial charge in [-0.05, 0) is 62.2 Å². The van der Waals surface area contributed by atoms with Gasteiger partial charge in [0.15, 0.2) is 0 Å². The van der Waals surface area contributed by atoms with Crippen LogP contribution in [-0.4, -0.2) is 37.3 Å². The number of esters is 2. The summed E-state index contributed by atoms with van der Waals surface area (Å²) in [4.78, 5) is 25.4. The number of hydrogen-bond acceptors (Lipinski definition) is 6. The normalized spacial score (nSPS) is 19.3. The largest absolute Gasteiger partial charge is 0.459 e. The molecule has 6 heteroatoms. The van der Waals surface area contributed by atoms with Crippen LogP contribution in [0.5, 0.6) is 0 Å². The molecule has 1 aliphatic rings. The molecule has 4 rings (SSSR count). The number of carbonyl (C=O) groups excluding carboxylic acids is 2. The van der Waals surface area contributed by atoms with Crippen LogP contribution < -0.4 is 5.73 Å². The summed E-state index contributed by atoms with van der Waals surface area (Å²) < 4.78 is 17.6. The molecular weight excluding hydrogens is 442 g/mol. The van der Waals surface area contributed by atoms with E-state index in [1.807, 2.05) is 62.4 Å². The van der Waals surface area contributed by atoms with Gasteiger partial charge in [0.1, 0.15) is 18.8 Å². The molecule has 3 aromatic rings. The quantitative estimate of drug-likeness (QED) is 0.477. The van der Waals surface area contributed by atoms with Crippen LogP contribution in [0, 0.1) is 13.8 Å². The van der Waals surface area contributed by atoms with E-state index in [9.17, 15) is 9.59 Å². The van der Waals surface area contributed by atoms with Gasteiger partial charge in [0, 0.05) is 6.42 Å². The van der Waals surface area contributed by atoms with Crippen LogP contribution in [0.25, 0.3) is 0 Å². The minimum atomic E-state index is -0.576. The van der Waals surface area contributed by atoms with Crippen LogP contribution in [0.1, 0.15) is 55.5 Å². The van der Waals surface area contributed by atoms with Crippen LogP contribution in [0.15, 0.2) is 72.8 Å². The predicted octanol–water partition coefficient (Wildman–Crippen LogP) is 4.72. The van der Waals surface area contributed by atoms with E-state index in [1.165, 1.54) is 0 Å². The van der Waals surface area contributed by atoms with Crippen molar-refractivity contribution in [1.29, 1.82) is 0 Å². The maximum absolute atomic E-state index is 12.8. The molecule has 0 amide bonds. The highest BCUT2D eigenvalue weighted by molar-refractivity contribution is 5.90. The fourth-order valence-corrected chi connectivity index (χ4v) is 4.09. The molecule has 182 valence electrons. The number of rotatable bonds is 8. The Morgan fingerprint density at radius 2 is 1.43 bits per heavy atom. The van der Waals surface area contributed by atoms with Crippen molar-refractivity contribution in [3.05, 3.63) is 106 Å². The Bertz CT molecular complexity index is 1140. The zero-order valence-electron chi connectivity index (χ0n) is 20.1. The van der Waals surface area contributed by atoms with Crippen molar-refractivity contribution in [3.63, 3.8) is 0 Å². The lowest BCUT2D eigenvalue weighted by atomic mass is 10.0. The molecule has 35 heavy (non-hydrogen) atoms. The molecule has 6 nitrogen and oxygen atoms in total. The second kappa shape index (κ2) is 11.3. The van der Waals surface area contributed by atoms with Gasteiger partial charge in [0.05, 0.1) is 17.2 Å². The molecule has 1 aliphatic heterocycles. The van der Waals surface area contributed by atoms with Gasteiger partial charge < -0.3 is 19.9 Å². The van der Waals surface area contributed by atoms with E-state index in [0.29, 0.717) is 24.1 Å². The van der Waals surface area contributed by atoms with Gasteiger partial charge >= 0.3 is 11.9 Å². The number of ether oxygens (including phenoxy) is 3. The van der Waals surface area contributed by atoms with Crippen LogP contribution in [0.3, 0.4) is 0 Å². The van der Waals surface area contributed by atoms with Gasteiger partial charge in [-0.25, -0.2) is 9.59 Å². The summed E-state index contributed by atoms with van der Waals surface area (Å²) in [6.45, 7) is 4.49. The van der Waals surface area contributed by atoms with Crippen molar-refractivity contribution in [2.75, 3.05) is 13.2 Å². The van der Waals surface area contributed by atoms with E-state index in [4.69, 9.17) is 19.9 Å². The summed E-state index contributed by atoms with van der Waals surface area (Å²) in [5, 5.41) is 0. The highest BCUT2D eigenvalue weighted by atomic mass is 16.6. The molecule has 0 aliphatic carbocycles. The molecule has 0 bridgehead atoms. The van der Waals surface area contributed by atoms with Crippen molar-refractivity contribution in [2.45, 2.75) is 45.0 Å². The maximum atomic E-state index is 12.8. The highest BCUT2D eigenvalue weighted by Gasteiger charge is 2.39. The van der Waals surface area contributed by atoms with E-state index in [1.54, 1.807) is 24.3 Å². The first kappa shape index (κ1) is 24.6. The fourth-order valence-electron chi connectivity index (χ4n) is 4.09. The van der Waals surface area contributed by atoms with Crippen molar-refractivity contribution in [2.24, 2.45) is 5.73 Å². The van der Waals surface area contributed by atoms with E-state index >= 15 is 0 Å². The zero-order chi connectivity index (χ0) is 24.8. The second-order valence-corrected chi connectivity index (χ2v) is 8.95. The molecule has 0 radical (unpaired) electrons. The highest BCUT2D eigenvalue weighted by Crippen LogP contribution is 2.35. The molecule has 3 atom stereocenters. The van der Waals surface area contributed by atoms with E-state index in [-0.39, 0.29) is 12.7 Å². The number of hydrogen-bond donors (Lipinski definition) is 1. The van der Waals surface area contributed by atoms with Crippen molar-refractivity contribution >= 4 is 11.9 Å². The summed E-state index contributed by atoms with van der Waals surface area (Å²) in [6.07, 6.45) is -0.127. The summed E-state index contributed by atoms with van der Waals surface area (Å²) in [6, 6.07) is 22.5. The first-order chi connectivity index (χ1) is 16.9. The average Bonchev–Trinajstić information content (AvgIpc) is 3.26. The lowest BCUT2D eigenvalue weighted by Crippen LogP contribution is -2.32. The van der Waals surface area contributed by atoms with E-state index < -0.39 is 24.1 Å². The molecule has 2 N–H and O–H groups in total. The molecule has 0 saturated carbocycles. The third-order valence-corrected chi connectivity index (χ3v) is 6.20. The maximum Gasteiger partial charge on any atom is 0.338 e. The first-order valence-corrected chi connectivity index (χ1v) is 11.9. The predicted molar refractivity (Wildman–Crippen MR) is 133 cm³/mol. The van der Waals surface area contributed by atoms with E-state index in [0.717, 1.165) is 28.7 Å². The molecule has 0 aromatic heterocycles. The summed E-state index contributed by atoms with van der Waals surface area (Å²) in [5.74, 6) is -0.862. The van der Waals surface area contributed by atoms with Gasteiger partial charge in [-0.2, -0.15) is 0 Å². The van der Waals surface area contributed by atoms with Gasteiger partial charge in [0.25, 0.3) is 0 Å². The molecular formula is C29H31NO5. The molecule has 1 saturated heterocycles. The molecule has 1 fully saturated rings. The lowest BCUT2D eigenvalue weighted by molar-refractivity contribution is -0.0427. The molecule has 0 spiro atoms. The Hall–Kier alpha value is -3.48. The summed E-state index contributed by atoms with van der Waals surface area (Å²) in [7, 11) is 0. The Labute approximate surface area is 206 Å². The van der Waals surface area contributed by atoms with Crippen molar-refractivity contribution < 1.29 is 23.8 Å². The minimum absolute atomic E-state index is 0.0136. The number of benzene rings is 3. The molecule has 3 aromatic carbocycles. The SMILES string of the molecule is Cc1ccc(C(=O)OC[C@H]2O[C@@H](c3ccc(CCN)cc3)C[C@@H]2OC(=O)c2ccc(C)cc2)cc1. The summed E-state index contributed by atoms with van der Waals surface area (Å²) in [5.41, 5.74) is 10.8. The molecule has 0 unspecified atom stereocenters. The van der Waals surface area contributed by atoms with E-state index in [2.05, 4.69) is 0 Å². The Morgan fingerprint density at radius 3 is 2.00 bits per heavy atom. The Kier molecular flexibility index (Phi) is 7.95. The smallest absolute Gasteiger partial charge is 0.338 e. The van der Waals surface area contributed by atoms with Gasteiger partial charge in [-0.1, -0.05) is 59.7 Å². The second-order valence-electron chi connectivity index (χ2n) is 8.95. The topological polar surface area (TPSA) is 87.8 Å². The van der Waals surface area contributed by atoms with Crippen molar-refractivity contribution in [3.8, 4) is 0 Å². The third-order valence-electron chi connectivity index (χ3n) is 6.20. The van der Waals surface area contributed by atoms with Crippen LogP contribution in [0.2, 0.25) is 0 Å². The average molecular weight is 474 g/mol. The van der Waals surface area contributed by atoms with Gasteiger partial charge in [0.2, 0.25) is 0 Å². The van der Waals surface area contributed by atoms with Crippen LogP contribution >= 0.6 is 0 Å². The number of nitrogens with two attached hydrogens (primary N) is 1. The Morgan fingerprint density at radius 1 is 0.857 bits per heavy atom. The van der Waals surface area contributed by atoms with Gasteiger partial charge in [-0.15, -0.1) is 0 Å². The molecule has 1 heterocycles. The van der Waals surface area contributed by atoms with Crippen LogP contribution in [0.4, 0.5) is 0 Å². The Balaban J connectivity index is 1.47. The minimum Gasteiger partial charge on any atom is -0.459 e. The monoisotopic (exact) mass is 473 g/mol. The van der Waals surface area contributed by atoms with Crippen LogP contribution in [-0.2, 0) is 20.6 Å². The summed E-state index contributed by atoms with van der Waals surface area (Å²) >= 11 is 0. The third kappa shape index (κ3) is 6.35. The fraction of sp³-hybridized carbons (Fsp3) is 0.310. The van der Waals surface area contributed by atoms with Gasteiger partial charge in [-0.3, -0.25) is 0 Å². The lowest BCUT2D eigenvalue weighted by Gasteiger charge is -2.19.